The second kappa shape index (κ2) is 5.64. The van der Waals surface area contributed by atoms with E-state index in [1.165, 1.54) is 13.1 Å². The predicted octanol–water partition coefficient (Wildman–Crippen LogP) is 1.21. The minimum Gasteiger partial charge on any atom is -0.331 e. The van der Waals surface area contributed by atoms with Crippen LogP contribution in [-0.4, -0.2) is 5.91 Å². The van der Waals surface area contributed by atoms with Crippen LogP contribution in [0.4, 0.5) is 5.69 Å². The number of nitrogens with one attached hydrogen (secondary N) is 3. The molecular weight excluding hydrogens is 178 g/mol. The van der Waals surface area contributed by atoms with Crippen LogP contribution in [0.1, 0.15) is 6.92 Å². The third-order valence-electron chi connectivity index (χ3n) is 1.44. The molecule has 0 aliphatic carbocycles. The molecule has 0 heterocycles. The maximum Gasteiger partial charge on any atom is 0.220 e. The Labute approximate surface area is 83.0 Å². The van der Waals surface area contributed by atoms with Gasteiger partial charge in [-0.2, -0.15) is 0 Å². The summed E-state index contributed by atoms with van der Waals surface area (Å²) in [6.45, 7) is 1.45. The summed E-state index contributed by atoms with van der Waals surface area (Å²) in [6.07, 6.45) is 3.13. The molecule has 0 saturated carbocycles. The van der Waals surface area contributed by atoms with Gasteiger partial charge in [0, 0.05) is 19.3 Å². The van der Waals surface area contributed by atoms with Gasteiger partial charge in [-0.15, -0.1) is 0 Å². The normalized spacial score (nSPS) is 9.79. The highest BCUT2D eigenvalue weighted by atomic mass is 16.1. The maximum absolute atomic E-state index is 10.5. The monoisotopic (exact) mass is 191 g/mol. The first kappa shape index (κ1) is 10.1. The molecule has 0 radical (unpaired) electrons. The molecule has 0 spiro atoms. The predicted molar refractivity (Wildman–Crippen MR) is 56.2 cm³/mol. The van der Waals surface area contributed by atoms with Gasteiger partial charge in [-0.3, -0.25) is 4.79 Å². The van der Waals surface area contributed by atoms with Gasteiger partial charge in [0.2, 0.25) is 5.91 Å². The van der Waals surface area contributed by atoms with Crippen molar-refractivity contribution in [1.29, 1.82) is 0 Å². The summed E-state index contributed by atoms with van der Waals surface area (Å²) < 4.78 is 0. The number of carbonyl (C=O) groups is 1. The largest absolute Gasteiger partial charge is 0.331 e. The summed E-state index contributed by atoms with van der Waals surface area (Å²) in [5.41, 5.74) is 6.70. The Morgan fingerprint density at radius 3 is 2.57 bits per heavy atom. The van der Waals surface area contributed by atoms with Gasteiger partial charge in [0.25, 0.3) is 0 Å². The molecule has 1 amide bonds. The van der Waals surface area contributed by atoms with Crippen LogP contribution in [0, 0.1) is 0 Å². The third kappa shape index (κ3) is 4.15. The smallest absolute Gasteiger partial charge is 0.220 e. The maximum atomic E-state index is 10.5. The molecule has 0 saturated heterocycles. The van der Waals surface area contributed by atoms with E-state index in [0.29, 0.717) is 0 Å². The lowest BCUT2D eigenvalue weighted by atomic mass is 10.3. The average molecular weight is 191 g/mol. The van der Waals surface area contributed by atoms with Crippen molar-refractivity contribution >= 4 is 11.6 Å². The molecule has 0 bridgehead atoms. The molecule has 4 heteroatoms. The first-order valence-electron chi connectivity index (χ1n) is 4.28. The SMILES string of the molecule is CC(=O)N/C=C\NNc1ccccc1. The molecule has 74 valence electrons. The van der Waals surface area contributed by atoms with Crippen molar-refractivity contribution in [2.24, 2.45) is 0 Å². The van der Waals surface area contributed by atoms with Gasteiger partial charge in [-0.05, 0) is 12.1 Å². The minimum absolute atomic E-state index is 0.0947. The van der Waals surface area contributed by atoms with Gasteiger partial charge in [0.05, 0.1) is 5.69 Å². The highest BCUT2D eigenvalue weighted by Gasteiger charge is 1.84. The van der Waals surface area contributed by atoms with Crippen LogP contribution >= 0.6 is 0 Å². The van der Waals surface area contributed by atoms with E-state index in [0.717, 1.165) is 5.69 Å². The van der Waals surface area contributed by atoms with Crippen LogP contribution in [0.2, 0.25) is 0 Å². The molecule has 0 fully saturated rings. The highest BCUT2D eigenvalue weighted by molar-refractivity contribution is 5.73. The first-order valence-corrected chi connectivity index (χ1v) is 4.28. The molecule has 0 aliphatic heterocycles. The van der Waals surface area contributed by atoms with Crippen molar-refractivity contribution in [2.45, 2.75) is 6.92 Å². The van der Waals surface area contributed by atoms with Crippen molar-refractivity contribution in [3.8, 4) is 0 Å². The van der Waals surface area contributed by atoms with Crippen molar-refractivity contribution in [2.75, 3.05) is 5.43 Å². The number of amides is 1. The molecule has 0 aliphatic rings. The van der Waals surface area contributed by atoms with E-state index in [4.69, 9.17) is 0 Å². The van der Waals surface area contributed by atoms with Crippen LogP contribution in [0.5, 0.6) is 0 Å². The summed E-state index contributed by atoms with van der Waals surface area (Å²) in [5, 5.41) is 2.51. The fourth-order valence-corrected chi connectivity index (χ4v) is 0.847. The van der Waals surface area contributed by atoms with E-state index in [1.807, 2.05) is 30.3 Å². The third-order valence-corrected chi connectivity index (χ3v) is 1.44. The number of rotatable bonds is 4. The topological polar surface area (TPSA) is 53.2 Å². The molecule has 1 aromatic rings. The molecule has 4 nitrogen and oxygen atoms in total. The Balaban J connectivity index is 2.22. The fourth-order valence-electron chi connectivity index (χ4n) is 0.847. The highest BCUT2D eigenvalue weighted by Crippen LogP contribution is 2.01. The quantitative estimate of drug-likeness (QED) is 0.627. The molecule has 0 aromatic heterocycles. The lowest BCUT2D eigenvalue weighted by Gasteiger charge is -2.04. The zero-order chi connectivity index (χ0) is 10.2. The minimum atomic E-state index is -0.0947. The Kier molecular flexibility index (Phi) is 4.07. The van der Waals surface area contributed by atoms with E-state index >= 15 is 0 Å². The van der Waals surface area contributed by atoms with Crippen LogP contribution < -0.4 is 16.2 Å². The first-order chi connectivity index (χ1) is 6.79. The van der Waals surface area contributed by atoms with E-state index in [9.17, 15) is 4.79 Å². The Bertz CT molecular complexity index is 308. The molecule has 14 heavy (non-hydrogen) atoms. The molecule has 1 aromatic carbocycles. The number of carbonyl (C=O) groups excluding carboxylic acids is 1. The molecule has 3 N–H and O–H groups in total. The molecule has 0 unspecified atom stereocenters. The van der Waals surface area contributed by atoms with Crippen LogP contribution in [0.3, 0.4) is 0 Å². The van der Waals surface area contributed by atoms with Crippen molar-refractivity contribution in [3.05, 3.63) is 42.7 Å². The van der Waals surface area contributed by atoms with E-state index in [1.54, 1.807) is 6.20 Å². The van der Waals surface area contributed by atoms with Crippen molar-refractivity contribution in [1.82, 2.24) is 10.7 Å². The van der Waals surface area contributed by atoms with Crippen LogP contribution in [0.15, 0.2) is 42.7 Å². The van der Waals surface area contributed by atoms with E-state index in [2.05, 4.69) is 16.2 Å². The Hall–Kier alpha value is -1.97. The molecular formula is C10H13N3O. The average Bonchev–Trinajstić information content (AvgIpc) is 2.18. The lowest BCUT2D eigenvalue weighted by Crippen LogP contribution is -2.17. The van der Waals surface area contributed by atoms with Crippen LogP contribution in [0.25, 0.3) is 0 Å². The standard InChI is InChI=1S/C10H13N3O/c1-9(14)11-7-8-12-13-10-5-3-2-4-6-10/h2-8,12-13H,1H3,(H,11,14)/b8-7-. The van der Waals surface area contributed by atoms with Gasteiger partial charge in [-0.1, -0.05) is 18.2 Å². The summed E-state index contributed by atoms with van der Waals surface area (Å²) >= 11 is 0. The van der Waals surface area contributed by atoms with Gasteiger partial charge in [-0.25, -0.2) is 0 Å². The number of benzene rings is 1. The van der Waals surface area contributed by atoms with Crippen LogP contribution in [-0.2, 0) is 4.79 Å². The van der Waals surface area contributed by atoms with Gasteiger partial charge >= 0.3 is 0 Å². The van der Waals surface area contributed by atoms with E-state index < -0.39 is 0 Å². The Morgan fingerprint density at radius 1 is 1.21 bits per heavy atom. The number of hydrogen-bond acceptors (Lipinski definition) is 3. The Morgan fingerprint density at radius 2 is 1.93 bits per heavy atom. The zero-order valence-electron chi connectivity index (χ0n) is 7.95. The summed E-state index contributed by atoms with van der Waals surface area (Å²) in [7, 11) is 0. The second-order valence-corrected chi connectivity index (χ2v) is 2.67. The molecule has 1 rings (SSSR count). The number of anilines is 1. The van der Waals surface area contributed by atoms with Gasteiger partial charge in [0.1, 0.15) is 0 Å². The zero-order valence-corrected chi connectivity index (χ0v) is 7.95. The lowest BCUT2D eigenvalue weighted by molar-refractivity contribution is -0.118. The summed E-state index contributed by atoms with van der Waals surface area (Å²) in [4.78, 5) is 10.5. The molecule has 0 atom stereocenters. The van der Waals surface area contributed by atoms with Gasteiger partial charge < -0.3 is 16.2 Å². The summed E-state index contributed by atoms with van der Waals surface area (Å²) in [5.74, 6) is -0.0947. The number of hydrogen-bond donors (Lipinski definition) is 3. The van der Waals surface area contributed by atoms with Crippen molar-refractivity contribution < 1.29 is 4.79 Å². The van der Waals surface area contributed by atoms with Crippen molar-refractivity contribution in [3.63, 3.8) is 0 Å². The number of hydrazine groups is 1. The summed E-state index contributed by atoms with van der Waals surface area (Å²) in [6, 6.07) is 9.67. The number of para-hydroxylation sites is 1. The van der Waals surface area contributed by atoms with Gasteiger partial charge in [0.15, 0.2) is 0 Å². The second-order valence-electron chi connectivity index (χ2n) is 2.67. The van der Waals surface area contributed by atoms with E-state index in [-0.39, 0.29) is 5.91 Å². The fraction of sp³-hybridized carbons (Fsp3) is 0.100.